The molecule has 0 unspecified atom stereocenters. The maximum atomic E-state index is 11.6. The van der Waals surface area contributed by atoms with E-state index in [1.807, 2.05) is 32.9 Å². The summed E-state index contributed by atoms with van der Waals surface area (Å²) < 4.78 is 11.0. The summed E-state index contributed by atoms with van der Waals surface area (Å²) in [6.45, 7) is 10.7. The van der Waals surface area contributed by atoms with E-state index in [-0.39, 0.29) is 0 Å². The van der Waals surface area contributed by atoms with Gasteiger partial charge in [0.05, 0.1) is 18.4 Å². The smallest absolute Gasteiger partial charge is 0.407 e. The van der Waals surface area contributed by atoms with E-state index in [0.29, 0.717) is 37.1 Å². The van der Waals surface area contributed by atoms with Crippen LogP contribution in [0.2, 0.25) is 0 Å². The topological polar surface area (TPSA) is 80.7 Å². The van der Waals surface area contributed by atoms with Gasteiger partial charge < -0.3 is 19.9 Å². The Kier molecular flexibility index (Phi) is 10.1. The van der Waals surface area contributed by atoms with E-state index in [0.717, 1.165) is 25.7 Å². The molecule has 6 nitrogen and oxygen atoms in total. The predicted molar refractivity (Wildman–Crippen MR) is 107 cm³/mol. The number of alkyl carbamates (subject to hydrolysis) is 1. The number of ether oxygens (including phenoxy) is 2. The highest BCUT2D eigenvalue weighted by Crippen LogP contribution is 2.19. The molecular weight excluding hydrogens is 344 g/mol. The normalized spacial score (nSPS) is 12.7. The van der Waals surface area contributed by atoms with Crippen LogP contribution < -0.4 is 10.1 Å². The van der Waals surface area contributed by atoms with Crippen LogP contribution >= 0.6 is 0 Å². The van der Waals surface area contributed by atoms with Crippen LogP contribution in [-0.2, 0) is 4.74 Å². The Morgan fingerprint density at radius 3 is 2.44 bits per heavy atom. The van der Waals surface area contributed by atoms with E-state index in [1.165, 1.54) is 0 Å². The molecule has 0 aliphatic rings. The van der Waals surface area contributed by atoms with E-state index < -0.39 is 17.8 Å². The van der Waals surface area contributed by atoms with Gasteiger partial charge in [0.1, 0.15) is 5.60 Å². The summed E-state index contributed by atoms with van der Waals surface area (Å²) in [6, 6.07) is 5.40. The zero-order valence-electron chi connectivity index (χ0n) is 17.5. The molecule has 0 aromatic carbocycles. The van der Waals surface area contributed by atoms with Crippen LogP contribution in [0.25, 0.3) is 0 Å². The number of amides is 1. The summed E-state index contributed by atoms with van der Waals surface area (Å²) in [5.74, 6) is 1.07. The number of carbonyl (C=O) groups excluding carboxylic acids is 1. The van der Waals surface area contributed by atoms with Crippen molar-refractivity contribution in [1.29, 1.82) is 0 Å². The van der Waals surface area contributed by atoms with Gasteiger partial charge in [0.15, 0.2) is 0 Å². The molecule has 0 saturated heterocycles. The number of nitrogens with zero attached hydrogens (tertiary/aromatic N) is 1. The number of aliphatic hydroxyl groups is 1. The van der Waals surface area contributed by atoms with Crippen molar-refractivity contribution in [1.82, 2.24) is 10.3 Å². The Bertz CT molecular complexity index is 551. The molecule has 2 N–H and O–H groups in total. The van der Waals surface area contributed by atoms with Gasteiger partial charge in [-0.2, -0.15) is 0 Å². The van der Waals surface area contributed by atoms with Gasteiger partial charge in [-0.05, 0) is 52.0 Å². The fraction of sp³-hybridized carbons (Fsp3) is 0.714. The second-order valence-corrected chi connectivity index (χ2v) is 7.89. The SMILES string of the molecule is CCCC(CCC)COc1cccc([C@H](O)CCNC(=O)OC(C)(C)C)n1. The highest BCUT2D eigenvalue weighted by molar-refractivity contribution is 5.67. The van der Waals surface area contributed by atoms with Crippen molar-refractivity contribution in [2.75, 3.05) is 13.2 Å². The van der Waals surface area contributed by atoms with Crippen molar-refractivity contribution in [2.45, 2.75) is 78.4 Å². The Hall–Kier alpha value is -1.82. The Balaban J connectivity index is 2.48. The van der Waals surface area contributed by atoms with Gasteiger partial charge >= 0.3 is 6.09 Å². The molecule has 1 aromatic heterocycles. The van der Waals surface area contributed by atoms with Gasteiger partial charge in [0, 0.05) is 12.6 Å². The fourth-order valence-electron chi connectivity index (χ4n) is 2.80. The van der Waals surface area contributed by atoms with Crippen molar-refractivity contribution >= 4 is 6.09 Å². The summed E-state index contributed by atoms with van der Waals surface area (Å²) >= 11 is 0. The summed E-state index contributed by atoms with van der Waals surface area (Å²) in [5, 5.41) is 13.0. The summed E-state index contributed by atoms with van der Waals surface area (Å²) in [6.07, 6.45) is 3.67. The lowest BCUT2D eigenvalue weighted by Crippen LogP contribution is -2.33. The van der Waals surface area contributed by atoms with Crippen molar-refractivity contribution in [3.8, 4) is 5.88 Å². The van der Waals surface area contributed by atoms with E-state index in [1.54, 1.807) is 6.07 Å². The molecule has 27 heavy (non-hydrogen) atoms. The third kappa shape index (κ3) is 10.2. The minimum absolute atomic E-state index is 0.303. The van der Waals surface area contributed by atoms with E-state index in [2.05, 4.69) is 24.1 Å². The first-order valence-electron chi connectivity index (χ1n) is 9.99. The molecule has 0 spiro atoms. The number of aliphatic hydroxyl groups excluding tert-OH is 1. The number of nitrogens with one attached hydrogen (secondary N) is 1. The third-order valence-electron chi connectivity index (χ3n) is 4.03. The molecule has 1 atom stereocenters. The molecule has 154 valence electrons. The molecule has 0 fully saturated rings. The first kappa shape index (κ1) is 23.2. The second kappa shape index (κ2) is 11.8. The van der Waals surface area contributed by atoms with Gasteiger partial charge in [0.2, 0.25) is 5.88 Å². The summed E-state index contributed by atoms with van der Waals surface area (Å²) in [4.78, 5) is 16.0. The molecule has 0 aliphatic heterocycles. The highest BCUT2D eigenvalue weighted by Gasteiger charge is 2.17. The number of pyridine rings is 1. The standard InChI is InChI=1S/C21H36N2O4/c1-6-9-16(10-7-2)15-26-19-12-8-11-17(23-19)18(24)13-14-22-20(25)27-21(3,4)5/h8,11-12,16,18,24H,6-7,9-10,13-15H2,1-5H3,(H,22,25)/t18-/m1/s1. The zero-order chi connectivity index (χ0) is 20.3. The van der Waals surface area contributed by atoms with Crippen LogP contribution in [0.5, 0.6) is 5.88 Å². The molecule has 1 rings (SSSR count). The maximum absolute atomic E-state index is 11.6. The van der Waals surface area contributed by atoms with Gasteiger partial charge in [-0.25, -0.2) is 9.78 Å². The quantitative estimate of drug-likeness (QED) is 0.585. The lowest BCUT2D eigenvalue weighted by molar-refractivity contribution is 0.0517. The van der Waals surface area contributed by atoms with E-state index in [9.17, 15) is 9.90 Å². The highest BCUT2D eigenvalue weighted by atomic mass is 16.6. The minimum atomic E-state index is -0.773. The average molecular weight is 381 g/mol. The van der Waals surface area contributed by atoms with E-state index in [4.69, 9.17) is 9.47 Å². The van der Waals surface area contributed by atoms with Gasteiger partial charge in [-0.3, -0.25) is 0 Å². The van der Waals surface area contributed by atoms with Crippen LogP contribution in [0.15, 0.2) is 18.2 Å². The van der Waals surface area contributed by atoms with Gasteiger partial charge in [-0.15, -0.1) is 0 Å². The Morgan fingerprint density at radius 2 is 1.85 bits per heavy atom. The Morgan fingerprint density at radius 1 is 1.19 bits per heavy atom. The first-order valence-corrected chi connectivity index (χ1v) is 9.99. The predicted octanol–water partition coefficient (Wildman–Crippen LogP) is 4.63. The molecule has 6 heteroatoms. The van der Waals surface area contributed by atoms with Crippen LogP contribution in [0.4, 0.5) is 4.79 Å². The first-order chi connectivity index (χ1) is 12.7. The molecule has 0 radical (unpaired) electrons. The second-order valence-electron chi connectivity index (χ2n) is 7.89. The molecule has 1 heterocycles. The molecule has 0 saturated carbocycles. The Labute approximate surface area is 163 Å². The van der Waals surface area contributed by atoms with Crippen LogP contribution in [0.1, 0.15) is 78.5 Å². The van der Waals surface area contributed by atoms with E-state index >= 15 is 0 Å². The number of carbonyl (C=O) groups is 1. The van der Waals surface area contributed by atoms with Crippen LogP contribution in [0.3, 0.4) is 0 Å². The summed E-state index contributed by atoms with van der Waals surface area (Å²) in [7, 11) is 0. The van der Waals surface area contributed by atoms with Gasteiger partial charge in [0.25, 0.3) is 0 Å². The third-order valence-corrected chi connectivity index (χ3v) is 4.03. The monoisotopic (exact) mass is 380 g/mol. The number of aromatic nitrogens is 1. The lowest BCUT2D eigenvalue weighted by Gasteiger charge is -2.20. The van der Waals surface area contributed by atoms with Crippen LogP contribution in [0, 0.1) is 5.92 Å². The molecular formula is C21H36N2O4. The van der Waals surface area contributed by atoms with Crippen LogP contribution in [-0.4, -0.2) is 34.9 Å². The maximum Gasteiger partial charge on any atom is 0.407 e. The molecule has 0 bridgehead atoms. The van der Waals surface area contributed by atoms with Crippen molar-refractivity contribution in [3.05, 3.63) is 23.9 Å². The number of hydrogen-bond acceptors (Lipinski definition) is 5. The number of rotatable bonds is 11. The average Bonchev–Trinajstić information content (AvgIpc) is 2.58. The lowest BCUT2D eigenvalue weighted by atomic mass is 9.99. The molecule has 1 amide bonds. The van der Waals surface area contributed by atoms with Crippen molar-refractivity contribution in [3.63, 3.8) is 0 Å². The largest absolute Gasteiger partial charge is 0.477 e. The molecule has 0 aliphatic carbocycles. The number of hydrogen-bond donors (Lipinski definition) is 2. The zero-order valence-corrected chi connectivity index (χ0v) is 17.5. The van der Waals surface area contributed by atoms with Crippen molar-refractivity contribution in [2.24, 2.45) is 5.92 Å². The van der Waals surface area contributed by atoms with Gasteiger partial charge in [-0.1, -0.05) is 32.8 Å². The fourth-order valence-corrected chi connectivity index (χ4v) is 2.80. The van der Waals surface area contributed by atoms with Crippen molar-refractivity contribution < 1.29 is 19.4 Å². The minimum Gasteiger partial charge on any atom is -0.477 e. The molecule has 1 aromatic rings. The summed E-state index contributed by atoms with van der Waals surface area (Å²) in [5.41, 5.74) is 0.00426.